The van der Waals surface area contributed by atoms with Crippen LogP contribution in [0.5, 0.6) is 0 Å². The van der Waals surface area contributed by atoms with Gasteiger partial charge in [0.1, 0.15) is 0 Å². The van der Waals surface area contributed by atoms with E-state index in [0.717, 1.165) is 6.54 Å². The molecule has 0 amide bonds. The zero-order valence-corrected chi connectivity index (χ0v) is 8.01. The molecule has 0 spiro atoms. The number of nitrogens with one attached hydrogen (secondary N) is 1. The zero-order chi connectivity index (χ0) is 9.10. The maximum Gasteiger partial charge on any atom is 0.0377 e. The standard InChI is InChI=1S/C12H15N/c1-10-6-2-3-7-11(10)12-8-4-5-9-13-12/h2,4-6,8,13H,3,7,9H2,1H3. The van der Waals surface area contributed by atoms with E-state index in [1.54, 1.807) is 0 Å². The van der Waals surface area contributed by atoms with Gasteiger partial charge in [-0.25, -0.2) is 0 Å². The molecular formula is C12H15N. The van der Waals surface area contributed by atoms with E-state index in [1.165, 1.54) is 29.7 Å². The highest BCUT2D eigenvalue weighted by Gasteiger charge is 2.09. The highest BCUT2D eigenvalue weighted by atomic mass is 14.9. The van der Waals surface area contributed by atoms with Gasteiger partial charge >= 0.3 is 0 Å². The van der Waals surface area contributed by atoms with Crippen LogP contribution in [-0.2, 0) is 0 Å². The Bertz CT molecular complexity index is 316. The van der Waals surface area contributed by atoms with Crippen LogP contribution in [0, 0.1) is 0 Å². The van der Waals surface area contributed by atoms with Gasteiger partial charge in [0.2, 0.25) is 0 Å². The third-order valence-electron chi connectivity index (χ3n) is 2.54. The van der Waals surface area contributed by atoms with Gasteiger partial charge in [0.15, 0.2) is 0 Å². The van der Waals surface area contributed by atoms with Crippen LogP contribution in [-0.4, -0.2) is 6.54 Å². The molecule has 0 aromatic heterocycles. The molecule has 0 fully saturated rings. The maximum absolute atomic E-state index is 3.40. The summed E-state index contributed by atoms with van der Waals surface area (Å²) in [5.41, 5.74) is 4.19. The van der Waals surface area contributed by atoms with E-state index < -0.39 is 0 Å². The van der Waals surface area contributed by atoms with Crippen molar-refractivity contribution >= 4 is 0 Å². The Morgan fingerprint density at radius 2 is 2.23 bits per heavy atom. The number of hydrogen-bond acceptors (Lipinski definition) is 1. The minimum absolute atomic E-state index is 0.965. The van der Waals surface area contributed by atoms with Gasteiger partial charge < -0.3 is 5.32 Å². The summed E-state index contributed by atoms with van der Waals surface area (Å²) in [5, 5.41) is 3.40. The monoisotopic (exact) mass is 173 g/mol. The minimum Gasteiger partial charge on any atom is -0.381 e. The molecule has 1 aliphatic heterocycles. The Morgan fingerprint density at radius 3 is 2.92 bits per heavy atom. The largest absolute Gasteiger partial charge is 0.381 e. The second-order valence-corrected chi connectivity index (χ2v) is 3.49. The molecule has 2 rings (SSSR count). The van der Waals surface area contributed by atoms with E-state index in [2.05, 4.69) is 42.6 Å². The van der Waals surface area contributed by atoms with Crippen LogP contribution in [0.25, 0.3) is 0 Å². The normalized spacial score (nSPS) is 21.5. The van der Waals surface area contributed by atoms with E-state index in [-0.39, 0.29) is 0 Å². The first kappa shape index (κ1) is 8.36. The van der Waals surface area contributed by atoms with Gasteiger partial charge in [-0.05, 0) is 37.0 Å². The maximum atomic E-state index is 3.40. The molecule has 0 atom stereocenters. The lowest BCUT2D eigenvalue weighted by Gasteiger charge is -2.19. The van der Waals surface area contributed by atoms with Crippen LogP contribution >= 0.6 is 0 Å². The molecule has 1 aliphatic carbocycles. The highest BCUT2D eigenvalue weighted by Crippen LogP contribution is 2.24. The minimum atomic E-state index is 0.965. The smallest absolute Gasteiger partial charge is 0.0377 e. The fourth-order valence-electron chi connectivity index (χ4n) is 1.80. The molecule has 1 nitrogen and oxygen atoms in total. The molecule has 2 aliphatic rings. The zero-order valence-electron chi connectivity index (χ0n) is 8.01. The molecule has 1 heteroatoms. The van der Waals surface area contributed by atoms with Gasteiger partial charge in [-0.2, -0.15) is 0 Å². The summed E-state index contributed by atoms with van der Waals surface area (Å²) in [4.78, 5) is 0. The number of allylic oxidation sites excluding steroid dienone is 6. The molecule has 13 heavy (non-hydrogen) atoms. The second-order valence-electron chi connectivity index (χ2n) is 3.49. The van der Waals surface area contributed by atoms with E-state index >= 15 is 0 Å². The average molecular weight is 173 g/mol. The quantitative estimate of drug-likeness (QED) is 0.643. The van der Waals surface area contributed by atoms with Crippen molar-refractivity contribution in [1.82, 2.24) is 5.32 Å². The summed E-state index contributed by atoms with van der Waals surface area (Å²) in [6, 6.07) is 0. The first-order valence-corrected chi connectivity index (χ1v) is 4.85. The molecule has 0 radical (unpaired) electrons. The lowest BCUT2D eigenvalue weighted by atomic mass is 9.95. The van der Waals surface area contributed by atoms with Crippen LogP contribution in [0.15, 0.2) is 47.2 Å². The Kier molecular flexibility index (Phi) is 2.35. The number of dihydropyridines is 1. The van der Waals surface area contributed by atoms with E-state index in [4.69, 9.17) is 0 Å². The van der Waals surface area contributed by atoms with Gasteiger partial charge in [-0.3, -0.25) is 0 Å². The van der Waals surface area contributed by atoms with Crippen molar-refractivity contribution in [2.24, 2.45) is 0 Å². The third kappa shape index (κ3) is 1.74. The van der Waals surface area contributed by atoms with Crippen molar-refractivity contribution in [2.75, 3.05) is 6.54 Å². The molecule has 0 saturated heterocycles. The topological polar surface area (TPSA) is 12.0 Å². The van der Waals surface area contributed by atoms with Crippen LogP contribution in [0.1, 0.15) is 19.8 Å². The van der Waals surface area contributed by atoms with Crippen molar-refractivity contribution in [3.05, 3.63) is 47.2 Å². The predicted octanol–water partition coefficient (Wildman–Crippen LogP) is 2.70. The van der Waals surface area contributed by atoms with Gasteiger partial charge in [0.05, 0.1) is 0 Å². The summed E-state index contributed by atoms with van der Waals surface area (Å²) in [6.07, 6.45) is 13.3. The Morgan fingerprint density at radius 1 is 1.31 bits per heavy atom. The molecule has 0 aromatic rings. The van der Waals surface area contributed by atoms with Gasteiger partial charge in [-0.15, -0.1) is 0 Å². The number of hydrogen-bond donors (Lipinski definition) is 1. The summed E-state index contributed by atoms with van der Waals surface area (Å²) >= 11 is 0. The summed E-state index contributed by atoms with van der Waals surface area (Å²) in [5.74, 6) is 0. The van der Waals surface area contributed by atoms with Crippen LogP contribution in [0.4, 0.5) is 0 Å². The van der Waals surface area contributed by atoms with Gasteiger partial charge in [-0.1, -0.05) is 24.3 Å². The van der Waals surface area contributed by atoms with Crippen LogP contribution in [0.3, 0.4) is 0 Å². The molecule has 0 saturated carbocycles. The second kappa shape index (κ2) is 3.65. The number of rotatable bonds is 1. The summed E-state index contributed by atoms with van der Waals surface area (Å²) in [7, 11) is 0. The molecule has 1 heterocycles. The molecule has 0 bridgehead atoms. The molecule has 0 aromatic carbocycles. The third-order valence-corrected chi connectivity index (χ3v) is 2.54. The Labute approximate surface area is 79.5 Å². The van der Waals surface area contributed by atoms with Crippen molar-refractivity contribution in [3.8, 4) is 0 Å². The molecule has 1 N–H and O–H groups in total. The highest BCUT2D eigenvalue weighted by molar-refractivity contribution is 5.43. The van der Waals surface area contributed by atoms with Crippen molar-refractivity contribution in [2.45, 2.75) is 19.8 Å². The first-order chi connectivity index (χ1) is 6.38. The molecule has 68 valence electrons. The van der Waals surface area contributed by atoms with E-state index in [9.17, 15) is 0 Å². The fourth-order valence-corrected chi connectivity index (χ4v) is 1.80. The van der Waals surface area contributed by atoms with Crippen LogP contribution in [0.2, 0.25) is 0 Å². The summed E-state index contributed by atoms with van der Waals surface area (Å²) in [6.45, 7) is 3.15. The van der Waals surface area contributed by atoms with E-state index in [0.29, 0.717) is 0 Å². The van der Waals surface area contributed by atoms with Crippen molar-refractivity contribution in [3.63, 3.8) is 0 Å². The van der Waals surface area contributed by atoms with Crippen molar-refractivity contribution < 1.29 is 0 Å². The molecule has 0 unspecified atom stereocenters. The lowest BCUT2D eigenvalue weighted by molar-refractivity contribution is 0.842. The first-order valence-electron chi connectivity index (χ1n) is 4.85. The predicted molar refractivity (Wildman–Crippen MR) is 56.3 cm³/mol. The Balaban J connectivity index is 2.28. The van der Waals surface area contributed by atoms with Gasteiger partial charge in [0, 0.05) is 12.2 Å². The lowest BCUT2D eigenvalue weighted by Crippen LogP contribution is -2.18. The summed E-state index contributed by atoms with van der Waals surface area (Å²) < 4.78 is 0. The Hall–Kier alpha value is -1.24. The van der Waals surface area contributed by atoms with E-state index in [1.807, 2.05) is 0 Å². The van der Waals surface area contributed by atoms with Crippen LogP contribution < -0.4 is 5.32 Å². The van der Waals surface area contributed by atoms with Gasteiger partial charge in [0.25, 0.3) is 0 Å². The SMILES string of the molecule is CC1=C(C2=CC=CCN2)CCC=C1. The molecular weight excluding hydrogens is 158 g/mol. The van der Waals surface area contributed by atoms with Crippen molar-refractivity contribution in [1.29, 1.82) is 0 Å². The fraction of sp³-hybridized carbons (Fsp3) is 0.333. The average Bonchev–Trinajstić information content (AvgIpc) is 2.20.